The summed E-state index contributed by atoms with van der Waals surface area (Å²) < 4.78 is 33.9. The Hall–Kier alpha value is -2.89. The molecule has 4 aromatic carbocycles. The first-order valence-electron chi connectivity index (χ1n) is 7.78. The van der Waals surface area contributed by atoms with Gasteiger partial charge in [0.15, 0.2) is 0 Å². The summed E-state index contributed by atoms with van der Waals surface area (Å²) >= 11 is 0. The topological polar surface area (TPSA) is 66.4 Å². The highest BCUT2D eigenvalue weighted by Crippen LogP contribution is 2.34. The molecule has 2 N–H and O–H groups in total. The molecule has 0 aliphatic rings. The van der Waals surface area contributed by atoms with E-state index in [0.29, 0.717) is 11.1 Å². The lowest BCUT2D eigenvalue weighted by Gasteiger charge is -2.14. The molecule has 0 amide bonds. The van der Waals surface area contributed by atoms with Crippen LogP contribution in [0.5, 0.6) is 0 Å². The van der Waals surface area contributed by atoms with E-state index < -0.39 is 10.1 Å². The second kappa shape index (κ2) is 5.88. The minimum atomic E-state index is -4.40. The zero-order valence-electron chi connectivity index (χ0n) is 13.2. The van der Waals surface area contributed by atoms with Gasteiger partial charge < -0.3 is 5.32 Å². The summed E-state index contributed by atoms with van der Waals surface area (Å²) in [5.41, 5.74) is 1.12. The van der Waals surface area contributed by atoms with Gasteiger partial charge in [-0.3, -0.25) is 4.55 Å². The Balaban J connectivity index is 1.95. The minimum absolute atomic E-state index is 0.112. The maximum Gasteiger partial charge on any atom is 0.297 e. The number of nitrogens with one attached hydrogen (secondary N) is 1. The molecule has 0 aliphatic heterocycles. The molecule has 4 rings (SSSR count). The predicted octanol–water partition coefficient (Wildman–Crippen LogP) is 4.98. The third-order valence-electron chi connectivity index (χ3n) is 4.20. The van der Waals surface area contributed by atoms with Crippen LogP contribution in [0.3, 0.4) is 0 Å². The van der Waals surface area contributed by atoms with Gasteiger partial charge in [-0.05, 0) is 22.9 Å². The van der Waals surface area contributed by atoms with Crippen LogP contribution in [-0.2, 0) is 10.1 Å². The highest BCUT2D eigenvalue weighted by atomic mass is 32.2. The van der Waals surface area contributed by atoms with E-state index in [1.807, 2.05) is 60.7 Å². The Morgan fingerprint density at radius 1 is 0.640 bits per heavy atom. The third-order valence-corrected chi connectivity index (χ3v) is 5.15. The standard InChI is InChI=1S/C20H15NO3S/c22-25(23,24)20-17-10-4-2-7-15(17)12-13-19(20)21-18-11-5-8-14-6-1-3-9-16(14)18/h1-13,21H,(H,22,23,24). The van der Waals surface area contributed by atoms with Gasteiger partial charge in [-0.2, -0.15) is 8.42 Å². The number of hydrogen-bond donors (Lipinski definition) is 2. The van der Waals surface area contributed by atoms with Gasteiger partial charge >= 0.3 is 0 Å². The van der Waals surface area contributed by atoms with Gasteiger partial charge in [-0.25, -0.2) is 0 Å². The first-order valence-corrected chi connectivity index (χ1v) is 9.22. The zero-order chi connectivity index (χ0) is 17.4. The molecule has 4 aromatic rings. The maximum absolute atomic E-state index is 12.0. The SMILES string of the molecule is O=S(=O)(O)c1c(Nc2cccc3ccccc23)ccc2ccccc12. The Morgan fingerprint density at radius 2 is 1.24 bits per heavy atom. The lowest BCUT2D eigenvalue weighted by molar-refractivity contribution is 0.484. The maximum atomic E-state index is 12.0. The zero-order valence-corrected chi connectivity index (χ0v) is 14.0. The van der Waals surface area contributed by atoms with Crippen molar-refractivity contribution in [1.29, 1.82) is 0 Å². The van der Waals surface area contributed by atoms with Crippen molar-refractivity contribution in [2.75, 3.05) is 5.32 Å². The highest BCUT2D eigenvalue weighted by molar-refractivity contribution is 7.86. The molecule has 0 fully saturated rings. The number of rotatable bonds is 3. The van der Waals surface area contributed by atoms with E-state index in [1.54, 1.807) is 18.2 Å². The molecular weight excluding hydrogens is 334 g/mol. The van der Waals surface area contributed by atoms with E-state index in [4.69, 9.17) is 0 Å². The van der Waals surface area contributed by atoms with Crippen LogP contribution in [-0.4, -0.2) is 13.0 Å². The molecule has 0 bridgehead atoms. The van der Waals surface area contributed by atoms with Crippen molar-refractivity contribution >= 4 is 43.0 Å². The second-order valence-electron chi connectivity index (χ2n) is 5.79. The molecule has 0 spiro atoms. The average molecular weight is 349 g/mol. The average Bonchev–Trinajstić information content (AvgIpc) is 2.61. The lowest BCUT2D eigenvalue weighted by atomic mass is 10.1. The van der Waals surface area contributed by atoms with Crippen molar-refractivity contribution in [2.45, 2.75) is 4.90 Å². The molecule has 0 atom stereocenters. The molecule has 0 saturated heterocycles. The van der Waals surface area contributed by atoms with E-state index >= 15 is 0 Å². The van der Waals surface area contributed by atoms with Crippen molar-refractivity contribution < 1.29 is 13.0 Å². The first-order chi connectivity index (χ1) is 12.0. The van der Waals surface area contributed by atoms with Crippen LogP contribution in [0.2, 0.25) is 0 Å². The summed E-state index contributed by atoms with van der Waals surface area (Å²) in [6.45, 7) is 0. The number of anilines is 2. The van der Waals surface area contributed by atoms with E-state index in [2.05, 4.69) is 5.32 Å². The van der Waals surface area contributed by atoms with E-state index in [0.717, 1.165) is 21.8 Å². The van der Waals surface area contributed by atoms with Crippen LogP contribution in [0.4, 0.5) is 11.4 Å². The van der Waals surface area contributed by atoms with Crippen molar-refractivity contribution in [3.8, 4) is 0 Å². The van der Waals surface area contributed by atoms with E-state index in [-0.39, 0.29) is 4.90 Å². The van der Waals surface area contributed by atoms with Gasteiger partial charge in [-0.15, -0.1) is 0 Å². The Kier molecular flexibility index (Phi) is 3.67. The molecule has 0 aromatic heterocycles. The van der Waals surface area contributed by atoms with Crippen molar-refractivity contribution in [3.63, 3.8) is 0 Å². The van der Waals surface area contributed by atoms with Crippen LogP contribution in [0.15, 0.2) is 83.8 Å². The Labute approximate surface area is 145 Å². The van der Waals surface area contributed by atoms with Crippen LogP contribution in [0.1, 0.15) is 0 Å². The summed E-state index contributed by atoms with van der Waals surface area (Å²) in [4.78, 5) is -0.112. The highest BCUT2D eigenvalue weighted by Gasteiger charge is 2.19. The monoisotopic (exact) mass is 349 g/mol. The molecule has 0 saturated carbocycles. The fourth-order valence-corrected chi connectivity index (χ4v) is 3.96. The van der Waals surface area contributed by atoms with E-state index in [1.165, 1.54) is 0 Å². The quantitative estimate of drug-likeness (QED) is 0.512. The summed E-state index contributed by atoms with van der Waals surface area (Å²) in [6.07, 6.45) is 0. The number of fused-ring (bicyclic) bond motifs is 2. The molecule has 4 nitrogen and oxygen atoms in total. The molecular formula is C20H15NO3S. The molecule has 0 radical (unpaired) electrons. The summed E-state index contributed by atoms with van der Waals surface area (Å²) in [5, 5.41) is 6.42. The van der Waals surface area contributed by atoms with Gasteiger partial charge in [-0.1, -0.05) is 66.7 Å². The third kappa shape index (κ3) is 2.84. The van der Waals surface area contributed by atoms with Gasteiger partial charge in [0, 0.05) is 16.5 Å². The summed E-state index contributed by atoms with van der Waals surface area (Å²) in [7, 11) is -4.40. The van der Waals surface area contributed by atoms with Gasteiger partial charge in [0.25, 0.3) is 10.1 Å². The van der Waals surface area contributed by atoms with Crippen molar-refractivity contribution in [2.24, 2.45) is 0 Å². The smallest absolute Gasteiger partial charge is 0.297 e. The molecule has 25 heavy (non-hydrogen) atoms. The normalized spacial score (nSPS) is 11.7. The Bertz CT molecular complexity index is 1190. The van der Waals surface area contributed by atoms with Crippen LogP contribution in [0.25, 0.3) is 21.5 Å². The molecule has 0 aliphatic carbocycles. The fourth-order valence-electron chi connectivity index (χ4n) is 3.10. The minimum Gasteiger partial charge on any atom is -0.354 e. The first kappa shape index (κ1) is 15.6. The Morgan fingerprint density at radius 3 is 1.96 bits per heavy atom. The lowest BCUT2D eigenvalue weighted by Crippen LogP contribution is -2.04. The fraction of sp³-hybridized carbons (Fsp3) is 0. The molecule has 5 heteroatoms. The van der Waals surface area contributed by atoms with Gasteiger partial charge in [0.2, 0.25) is 0 Å². The van der Waals surface area contributed by atoms with Crippen molar-refractivity contribution in [1.82, 2.24) is 0 Å². The van der Waals surface area contributed by atoms with Gasteiger partial charge in [0.1, 0.15) is 4.90 Å². The molecule has 0 heterocycles. The predicted molar refractivity (Wildman–Crippen MR) is 101 cm³/mol. The number of hydrogen-bond acceptors (Lipinski definition) is 3. The number of benzene rings is 4. The van der Waals surface area contributed by atoms with Crippen LogP contribution in [0, 0.1) is 0 Å². The summed E-state index contributed by atoms with van der Waals surface area (Å²) in [6, 6.07) is 24.2. The molecule has 0 unspecified atom stereocenters. The van der Waals surface area contributed by atoms with Crippen LogP contribution >= 0.6 is 0 Å². The van der Waals surface area contributed by atoms with Crippen LogP contribution < -0.4 is 5.32 Å². The van der Waals surface area contributed by atoms with Gasteiger partial charge in [0.05, 0.1) is 5.69 Å². The van der Waals surface area contributed by atoms with E-state index in [9.17, 15) is 13.0 Å². The van der Waals surface area contributed by atoms with Crippen molar-refractivity contribution in [3.05, 3.63) is 78.9 Å². The largest absolute Gasteiger partial charge is 0.354 e. The molecule has 124 valence electrons. The second-order valence-corrected chi connectivity index (χ2v) is 7.15. The summed E-state index contributed by atoms with van der Waals surface area (Å²) in [5.74, 6) is 0.